The molecule has 0 saturated carbocycles. The second-order valence-corrected chi connectivity index (χ2v) is 4.93. The predicted molar refractivity (Wildman–Crippen MR) is 68.8 cm³/mol. The zero-order chi connectivity index (χ0) is 11.4. The monoisotopic (exact) mass is 283 g/mol. The fraction of sp³-hybridized carbons (Fsp3) is 0.385. The van der Waals surface area contributed by atoms with Gasteiger partial charge in [-0.3, -0.25) is 0 Å². The molecule has 0 aromatic heterocycles. The molecule has 1 aliphatic rings. The Kier molecular flexibility index (Phi) is 4.13. The minimum atomic E-state index is -0.198. The van der Waals surface area contributed by atoms with Crippen molar-refractivity contribution in [3.05, 3.63) is 39.6 Å². The van der Waals surface area contributed by atoms with Crippen LogP contribution in [-0.4, -0.2) is 13.1 Å². The molecule has 0 amide bonds. The van der Waals surface area contributed by atoms with Crippen molar-refractivity contribution in [2.24, 2.45) is 0 Å². The minimum Gasteiger partial charge on any atom is -0.316 e. The zero-order valence-corrected chi connectivity index (χ0v) is 10.7. The molecule has 86 valence electrons. The van der Waals surface area contributed by atoms with Gasteiger partial charge in [-0.1, -0.05) is 33.6 Å². The van der Waals surface area contributed by atoms with Gasteiger partial charge in [0.05, 0.1) is 0 Å². The molecule has 0 unspecified atom stereocenters. The maximum atomic E-state index is 12.9. The van der Waals surface area contributed by atoms with Crippen molar-refractivity contribution in [2.75, 3.05) is 13.1 Å². The number of hydrogen-bond donors (Lipinski definition) is 1. The van der Waals surface area contributed by atoms with Crippen LogP contribution in [0.4, 0.5) is 4.39 Å². The highest BCUT2D eigenvalue weighted by Crippen LogP contribution is 2.23. The Hall–Kier alpha value is -0.670. The van der Waals surface area contributed by atoms with E-state index >= 15 is 0 Å². The summed E-state index contributed by atoms with van der Waals surface area (Å²) in [5, 5.41) is 3.37. The van der Waals surface area contributed by atoms with Crippen LogP contribution in [0.3, 0.4) is 0 Å². The van der Waals surface area contributed by atoms with Crippen molar-refractivity contribution in [2.45, 2.75) is 19.3 Å². The molecular formula is C13H15BrFN. The van der Waals surface area contributed by atoms with Gasteiger partial charge in [0, 0.05) is 4.47 Å². The van der Waals surface area contributed by atoms with Gasteiger partial charge in [-0.25, -0.2) is 4.39 Å². The standard InChI is InChI=1S/C13H15BrFN/c14-13-9-12(15)4-3-11(13)8-10-2-1-6-16-7-5-10/h3-4,8-9,16H,1-2,5-7H2/b10-8-. The van der Waals surface area contributed by atoms with Gasteiger partial charge in [-0.15, -0.1) is 0 Å². The van der Waals surface area contributed by atoms with E-state index in [1.807, 2.05) is 6.07 Å². The van der Waals surface area contributed by atoms with Crippen LogP contribution in [0.1, 0.15) is 24.8 Å². The summed E-state index contributed by atoms with van der Waals surface area (Å²) < 4.78 is 13.8. The Bertz CT molecular complexity index is 391. The summed E-state index contributed by atoms with van der Waals surface area (Å²) in [6, 6.07) is 4.85. The van der Waals surface area contributed by atoms with Crippen LogP contribution in [0.2, 0.25) is 0 Å². The SMILES string of the molecule is Fc1ccc(/C=C2/CCCNCC2)c(Br)c1. The summed E-state index contributed by atoms with van der Waals surface area (Å²) in [5.74, 6) is -0.198. The molecule has 1 aromatic rings. The largest absolute Gasteiger partial charge is 0.316 e. The second kappa shape index (κ2) is 5.60. The van der Waals surface area contributed by atoms with Crippen LogP contribution in [-0.2, 0) is 0 Å². The highest BCUT2D eigenvalue weighted by molar-refractivity contribution is 9.10. The normalized spacial score (nSPS) is 19.8. The van der Waals surface area contributed by atoms with Crippen LogP contribution in [0.15, 0.2) is 28.2 Å². The Morgan fingerprint density at radius 1 is 1.25 bits per heavy atom. The van der Waals surface area contributed by atoms with E-state index in [-0.39, 0.29) is 5.82 Å². The van der Waals surface area contributed by atoms with Crippen LogP contribution in [0.25, 0.3) is 6.08 Å². The Labute approximate surface area is 104 Å². The van der Waals surface area contributed by atoms with E-state index in [4.69, 9.17) is 0 Å². The molecule has 0 radical (unpaired) electrons. The summed E-state index contributed by atoms with van der Waals surface area (Å²) in [6.45, 7) is 2.15. The van der Waals surface area contributed by atoms with Crippen molar-refractivity contribution in [3.8, 4) is 0 Å². The lowest BCUT2D eigenvalue weighted by molar-refractivity contribution is 0.627. The first kappa shape index (κ1) is 11.8. The molecule has 1 heterocycles. The van der Waals surface area contributed by atoms with Gasteiger partial charge in [0.1, 0.15) is 5.82 Å². The molecule has 1 saturated heterocycles. The van der Waals surface area contributed by atoms with Crippen LogP contribution in [0, 0.1) is 5.82 Å². The fourth-order valence-electron chi connectivity index (χ4n) is 1.92. The molecule has 1 aliphatic heterocycles. The van der Waals surface area contributed by atoms with E-state index in [0.717, 1.165) is 36.0 Å². The molecule has 1 fully saturated rings. The maximum absolute atomic E-state index is 12.9. The van der Waals surface area contributed by atoms with E-state index in [1.54, 1.807) is 0 Å². The molecule has 3 heteroatoms. The van der Waals surface area contributed by atoms with Gasteiger partial charge in [0.15, 0.2) is 0 Å². The van der Waals surface area contributed by atoms with Gasteiger partial charge in [0.2, 0.25) is 0 Å². The first-order valence-electron chi connectivity index (χ1n) is 5.61. The molecule has 1 aromatic carbocycles. The topological polar surface area (TPSA) is 12.0 Å². The molecule has 0 bridgehead atoms. The first-order valence-corrected chi connectivity index (χ1v) is 6.40. The molecule has 1 nitrogen and oxygen atoms in total. The molecule has 16 heavy (non-hydrogen) atoms. The minimum absolute atomic E-state index is 0.198. The van der Waals surface area contributed by atoms with Gasteiger partial charge in [-0.2, -0.15) is 0 Å². The van der Waals surface area contributed by atoms with Gasteiger partial charge in [-0.05, 0) is 50.0 Å². The lowest BCUT2D eigenvalue weighted by atomic mass is 10.0. The maximum Gasteiger partial charge on any atom is 0.124 e. The first-order chi connectivity index (χ1) is 7.75. The van der Waals surface area contributed by atoms with Gasteiger partial charge >= 0.3 is 0 Å². The molecular weight excluding hydrogens is 269 g/mol. The zero-order valence-electron chi connectivity index (χ0n) is 9.10. The Balaban J connectivity index is 2.20. The van der Waals surface area contributed by atoms with E-state index < -0.39 is 0 Å². The quantitative estimate of drug-likeness (QED) is 0.828. The third-order valence-corrected chi connectivity index (χ3v) is 3.48. The van der Waals surface area contributed by atoms with E-state index in [0.29, 0.717) is 0 Å². The van der Waals surface area contributed by atoms with Crippen molar-refractivity contribution >= 4 is 22.0 Å². The van der Waals surface area contributed by atoms with Crippen LogP contribution < -0.4 is 5.32 Å². The van der Waals surface area contributed by atoms with Gasteiger partial charge < -0.3 is 5.32 Å². The second-order valence-electron chi connectivity index (χ2n) is 4.07. The summed E-state index contributed by atoms with van der Waals surface area (Å²) >= 11 is 3.39. The summed E-state index contributed by atoms with van der Waals surface area (Å²) in [4.78, 5) is 0. The summed E-state index contributed by atoms with van der Waals surface area (Å²) in [5.41, 5.74) is 2.51. The van der Waals surface area contributed by atoms with E-state index in [9.17, 15) is 4.39 Å². The van der Waals surface area contributed by atoms with E-state index in [1.165, 1.54) is 24.1 Å². The third kappa shape index (κ3) is 3.16. The molecule has 0 atom stereocenters. The number of hydrogen-bond acceptors (Lipinski definition) is 1. The molecule has 0 spiro atoms. The highest BCUT2D eigenvalue weighted by atomic mass is 79.9. The van der Waals surface area contributed by atoms with Crippen molar-refractivity contribution in [3.63, 3.8) is 0 Å². The van der Waals surface area contributed by atoms with Crippen molar-refractivity contribution in [1.82, 2.24) is 5.32 Å². The number of benzene rings is 1. The van der Waals surface area contributed by atoms with Crippen LogP contribution >= 0.6 is 15.9 Å². The van der Waals surface area contributed by atoms with E-state index in [2.05, 4.69) is 27.3 Å². The van der Waals surface area contributed by atoms with Crippen LogP contribution in [0.5, 0.6) is 0 Å². The predicted octanol–water partition coefficient (Wildman–Crippen LogP) is 3.75. The lowest BCUT2D eigenvalue weighted by Gasteiger charge is -2.04. The number of halogens is 2. The molecule has 2 rings (SSSR count). The number of nitrogens with one attached hydrogen (secondary N) is 1. The fourth-order valence-corrected chi connectivity index (χ4v) is 2.39. The Morgan fingerprint density at radius 2 is 2.12 bits per heavy atom. The van der Waals surface area contributed by atoms with Crippen molar-refractivity contribution in [1.29, 1.82) is 0 Å². The Morgan fingerprint density at radius 3 is 2.94 bits per heavy atom. The highest BCUT2D eigenvalue weighted by Gasteiger charge is 2.05. The number of rotatable bonds is 1. The van der Waals surface area contributed by atoms with Crippen molar-refractivity contribution < 1.29 is 4.39 Å². The smallest absolute Gasteiger partial charge is 0.124 e. The average molecular weight is 284 g/mol. The molecule has 1 N–H and O–H groups in total. The third-order valence-electron chi connectivity index (χ3n) is 2.80. The lowest BCUT2D eigenvalue weighted by Crippen LogP contribution is -2.13. The molecule has 0 aliphatic carbocycles. The summed E-state index contributed by atoms with van der Waals surface area (Å²) in [6.07, 6.45) is 5.59. The summed E-state index contributed by atoms with van der Waals surface area (Å²) in [7, 11) is 0. The van der Waals surface area contributed by atoms with Gasteiger partial charge in [0.25, 0.3) is 0 Å². The average Bonchev–Trinajstić information content (AvgIpc) is 2.51.